The molecular weight excluding hydrogens is 541 g/mol. The molecule has 0 bridgehead atoms. The maximum Gasteiger partial charge on any atom is 0.270 e. The first-order valence-electron chi connectivity index (χ1n) is 8.06. The van der Waals surface area contributed by atoms with Gasteiger partial charge in [0.05, 0.1) is 5.56 Å². The van der Waals surface area contributed by atoms with Crippen LogP contribution in [0.2, 0.25) is 0 Å². The van der Waals surface area contributed by atoms with E-state index in [0.717, 1.165) is 13.6 Å². The van der Waals surface area contributed by atoms with Crippen LogP contribution in [0.15, 0.2) is 46.9 Å². The highest BCUT2D eigenvalue weighted by Gasteiger charge is 2.19. The zero-order chi connectivity index (χ0) is 20.2. The number of rotatable bonds is 2. The molecule has 0 unspecified atom stereocenters. The van der Waals surface area contributed by atoms with E-state index >= 15 is 0 Å². The molecular formula is C19H19BrIN3O2S. The SMILES string of the molecule is CC(C)(C)c1ccc(C(=O)NC(=S)NNC(=O)c2ccccc2I)cc1Br. The molecule has 27 heavy (non-hydrogen) atoms. The van der Waals surface area contributed by atoms with Gasteiger partial charge >= 0.3 is 0 Å². The summed E-state index contributed by atoms with van der Waals surface area (Å²) >= 11 is 10.7. The Hall–Kier alpha value is -1.52. The van der Waals surface area contributed by atoms with E-state index in [1.165, 1.54) is 0 Å². The second kappa shape index (κ2) is 9.11. The van der Waals surface area contributed by atoms with Gasteiger partial charge in [-0.1, -0.05) is 54.9 Å². The van der Waals surface area contributed by atoms with E-state index in [1.807, 2.05) is 18.2 Å². The Balaban J connectivity index is 1.96. The molecule has 0 spiro atoms. The number of hydrazine groups is 1. The number of hydrogen-bond acceptors (Lipinski definition) is 3. The van der Waals surface area contributed by atoms with Crippen molar-refractivity contribution in [3.63, 3.8) is 0 Å². The van der Waals surface area contributed by atoms with Crippen LogP contribution >= 0.6 is 50.7 Å². The number of thiocarbonyl (C=S) groups is 1. The predicted octanol–water partition coefficient (Wildman–Crippen LogP) is 4.30. The lowest BCUT2D eigenvalue weighted by atomic mass is 9.86. The lowest BCUT2D eigenvalue weighted by Crippen LogP contribution is -2.48. The molecule has 2 amide bonds. The Kier molecular flexibility index (Phi) is 7.35. The quantitative estimate of drug-likeness (QED) is 0.291. The molecule has 0 aliphatic rings. The molecule has 142 valence electrons. The van der Waals surface area contributed by atoms with Gasteiger partial charge in [-0.05, 0) is 70.1 Å². The van der Waals surface area contributed by atoms with E-state index in [4.69, 9.17) is 12.2 Å². The number of amides is 2. The van der Waals surface area contributed by atoms with Crippen molar-refractivity contribution in [1.29, 1.82) is 0 Å². The Morgan fingerprint density at radius 2 is 1.70 bits per heavy atom. The van der Waals surface area contributed by atoms with Crippen LogP contribution < -0.4 is 16.2 Å². The van der Waals surface area contributed by atoms with Gasteiger partial charge in [-0.2, -0.15) is 0 Å². The maximum atomic E-state index is 12.4. The largest absolute Gasteiger partial charge is 0.298 e. The number of halogens is 2. The molecule has 0 aliphatic heterocycles. The van der Waals surface area contributed by atoms with Crippen LogP contribution in [0.4, 0.5) is 0 Å². The number of hydrogen-bond donors (Lipinski definition) is 3. The highest BCUT2D eigenvalue weighted by atomic mass is 127. The van der Waals surface area contributed by atoms with E-state index in [1.54, 1.807) is 24.3 Å². The fraction of sp³-hybridized carbons (Fsp3) is 0.211. The monoisotopic (exact) mass is 559 g/mol. The summed E-state index contributed by atoms with van der Waals surface area (Å²) in [4.78, 5) is 24.5. The molecule has 0 heterocycles. The van der Waals surface area contributed by atoms with Crippen LogP contribution in [0.25, 0.3) is 0 Å². The molecule has 2 aromatic rings. The predicted molar refractivity (Wildman–Crippen MR) is 123 cm³/mol. The summed E-state index contributed by atoms with van der Waals surface area (Å²) in [6.45, 7) is 6.30. The molecule has 0 atom stereocenters. The van der Waals surface area contributed by atoms with Crippen molar-refractivity contribution in [3.8, 4) is 0 Å². The van der Waals surface area contributed by atoms with Crippen LogP contribution in [-0.4, -0.2) is 16.9 Å². The number of nitrogens with one attached hydrogen (secondary N) is 3. The normalized spacial score (nSPS) is 10.9. The maximum absolute atomic E-state index is 12.4. The van der Waals surface area contributed by atoms with Gasteiger partial charge in [0.25, 0.3) is 11.8 Å². The summed E-state index contributed by atoms with van der Waals surface area (Å²) in [5, 5.41) is 2.56. The summed E-state index contributed by atoms with van der Waals surface area (Å²) in [7, 11) is 0. The first-order chi connectivity index (χ1) is 12.6. The molecule has 0 radical (unpaired) electrons. The lowest BCUT2D eigenvalue weighted by molar-refractivity contribution is 0.0934. The third-order valence-electron chi connectivity index (χ3n) is 3.67. The molecule has 2 aromatic carbocycles. The standard InChI is InChI=1S/C19H19BrIN3O2S/c1-19(2,3)13-9-8-11(10-14(13)20)16(25)22-18(27)24-23-17(26)12-6-4-5-7-15(12)21/h4-10H,1-3H3,(H,23,26)(H2,22,24,25,27). The van der Waals surface area contributed by atoms with Gasteiger partial charge in [0, 0.05) is 13.6 Å². The Morgan fingerprint density at radius 1 is 1.04 bits per heavy atom. The summed E-state index contributed by atoms with van der Waals surface area (Å²) < 4.78 is 1.67. The van der Waals surface area contributed by atoms with Crippen LogP contribution in [0, 0.1) is 3.57 Å². The van der Waals surface area contributed by atoms with Crippen LogP contribution in [-0.2, 0) is 5.41 Å². The first kappa shape index (κ1) is 21.8. The van der Waals surface area contributed by atoms with Gasteiger partial charge in [-0.25, -0.2) is 0 Å². The molecule has 2 rings (SSSR count). The molecule has 0 saturated carbocycles. The Morgan fingerprint density at radius 3 is 2.30 bits per heavy atom. The van der Waals surface area contributed by atoms with Crippen molar-refractivity contribution in [2.24, 2.45) is 0 Å². The minimum absolute atomic E-state index is 0.00955. The van der Waals surface area contributed by atoms with Crippen molar-refractivity contribution in [2.45, 2.75) is 26.2 Å². The van der Waals surface area contributed by atoms with Crippen molar-refractivity contribution in [1.82, 2.24) is 16.2 Å². The van der Waals surface area contributed by atoms with Gasteiger partial charge in [-0.3, -0.25) is 25.8 Å². The van der Waals surface area contributed by atoms with Crippen LogP contribution in [0.3, 0.4) is 0 Å². The summed E-state index contributed by atoms with van der Waals surface area (Å²) in [6.07, 6.45) is 0. The summed E-state index contributed by atoms with van der Waals surface area (Å²) in [5.74, 6) is -0.703. The highest BCUT2D eigenvalue weighted by Crippen LogP contribution is 2.30. The fourth-order valence-electron chi connectivity index (χ4n) is 2.30. The molecule has 3 N–H and O–H groups in total. The second-order valence-electron chi connectivity index (χ2n) is 6.79. The highest BCUT2D eigenvalue weighted by molar-refractivity contribution is 14.1. The van der Waals surface area contributed by atoms with Gasteiger partial charge in [0.1, 0.15) is 0 Å². The second-order valence-corrected chi connectivity index (χ2v) is 9.21. The minimum atomic E-state index is -0.364. The van der Waals surface area contributed by atoms with Gasteiger partial charge in [-0.15, -0.1) is 0 Å². The molecule has 8 heteroatoms. The Bertz CT molecular complexity index is 897. The van der Waals surface area contributed by atoms with E-state index in [-0.39, 0.29) is 22.3 Å². The van der Waals surface area contributed by atoms with Gasteiger partial charge in [0.2, 0.25) is 0 Å². The average molecular weight is 560 g/mol. The van der Waals surface area contributed by atoms with Crippen molar-refractivity contribution in [3.05, 3.63) is 67.2 Å². The number of carbonyl (C=O) groups excluding carboxylic acids is 2. The van der Waals surface area contributed by atoms with Crippen LogP contribution in [0.5, 0.6) is 0 Å². The first-order valence-corrected chi connectivity index (χ1v) is 10.3. The van der Waals surface area contributed by atoms with Crippen molar-refractivity contribution >= 4 is 67.7 Å². The minimum Gasteiger partial charge on any atom is -0.298 e. The molecule has 0 fully saturated rings. The smallest absolute Gasteiger partial charge is 0.270 e. The topological polar surface area (TPSA) is 70.2 Å². The van der Waals surface area contributed by atoms with E-state index < -0.39 is 0 Å². The summed E-state index contributed by atoms with van der Waals surface area (Å²) in [6, 6.07) is 12.6. The molecule has 0 saturated heterocycles. The number of benzene rings is 2. The van der Waals surface area contributed by atoms with Crippen molar-refractivity contribution in [2.75, 3.05) is 0 Å². The average Bonchev–Trinajstić information content (AvgIpc) is 2.58. The third kappa shape index (κ3) is 5.98. The zero-order valence-electron chi connectivity index (χ0n) is 15.0. The molecule has 0 aliphatic carbocycles. The third-order valence-corrected chi connectivity index (χ3v) is 5.48. The summed E-state index contributed by atoms with van der Waals surface area (Å²) in [5.41, 5.74) is 7.06. The molecule has 5 nitrogen and oxygen atoms in total. The zero-order valence-corrected chi connectivity index (χ0v) is 19.6. The van der Waals surface area contributed by atoms with Gasteiger partial charge in [0.15, 0.2) is 5.11 Å². The fourth-order valence-corrected chi connectivity index (χ4v) is 4.05. The van der Waals surface area contributed by atoms with E-state index in [0.29, 0.717) is 11.1 Å². The van der Waals surface area contributed by atoms with Crippen LogP contribution in [0.1, 0.15) is 47.1 Å². The molecule has 0 aromatic heterocycles. The van der Waals surface area contributed by atoms with Gasteiger partial charge < -0.3 is 0 Å². The van der Waals surface area contributed by atoms with Crippen molar-refractivity contribution < 1.29 is 9.59 Å². The van der Waals surface area contributed by atoms with E-state index in [2.05, 4.69) is 75.5 Å². The van der Waals surface area contributed by atoms with E-state index in [9.17, 15) is 9.59 Å². The lowest BCUT2D eigenvalue weighted by Gasteiger charge is -2.21. The Labute approximate surface area is 185 Å². The number of carbonyl (C=O) groups is 2.